The molecule has 1 amide bonds. The Kier molecular flexibility index (Phi) is 5.92. The lowest BCUT2D eigenvalue weighted by atomic mass is 10.1. The van der Waals surface area contributed by atoms with Crippen LogP contribution in [0.4, 0.5) is 10.1 Å². The molecule has 0 aromatic heterocycles. The molecule has 2 rings (SSSR count). The van der Waals surface area contributed by atoms with Crippen molar-refractivity contribution in [2.75, 3.05) is 11.9 Å². The van der Waals surface area contributed by atoms with E-state index in [1.807, 2.05) is 0 Å². The van der Waals surface area contributed by atoms with E-state index >= 15 is 0 Å². The van der Waals surface area contributed by atoms with Gasteiger partial charge in [0.25, 0.3) is 5.91 Å². The lowest BCUT2D eigenvalue weighted by Crippen LogP contribution is -2.18. The van der Waals surface area contributed by atoms with Crippen molar-refractivity contribution in [2.24, 2.45) is 0 Å². The summed E-state index contributed by atoms with van der Waals surface area (Å²) in [4.78, 5) is 12.0. The van der Waals surface area contributed by atoms with Crippen LogP contribution in [0.25, 0.3) is 0 Å². The van der Waals surface area contributed by atoms with E-state index in [9.17, 15) is 14.3 Å². The maximum atomic E-state index is 13.5. The molecule has 6 heteroatoms. The lowest BCUT2D eigenvalue weighted by molar-refractivity contribution is -0.112. The van der Waals surface area contributed by atoms with Gasteiger partial charge >= 0.3 is 0 Å². The Morgan fingerprint density at radius 2 is 1.92 bits per heavy atom. The Labute approximate surface area is 139 Å². The fourth-order valence-corrected chi connectivity index (χ4v) is 1.97. The zero-order chi connectivity index (χ0) is 17.4. The topological polar surface area (TPSA) is 85.2 Å². The second kappa shape index (κ2) is 8.34. The highest BCUT2D eigenvalue weighted by molar-refractivity contribution is 6.06. The Morgan fingerprint density at radius 1 is 1.21 bits per heavy atom. The second-order valence-electron chi connectivity index (χ2n) is 4.97. The number of hydrogen-bond acceptors (Lipinski definition) is 4. The molecule has 24 heavy (non-hydrogen) atoms. The van der Waals surface area contributed by atoms with Crippen LogP contribution in [0.3, 0.4) is 0 Å². The van der Waals surface area contributed by atoms with E-state index in [0.717, 1.165) is 0 Å². The molecule has 0 heterocycles. The van der Waals surface area contributed by atoms with Gasteiger partial charge in [0.1, 0.15) is 23.2 Å². The third-order valence-corrected chi connectivity index (χ3v) is 3.23. The molecule has 0 radical (unpaired) electrons. The van der Waals surface area contributed by atoms with Crippen LogP contribution >= 0.6 is 0 Å². The number of hydrogen-bond donors (Lipinski definition) is 3. The minimum atomic E-state index is -0.568. The minimum absolute atomic E-state index is 0.0823. The summed E-state index contributed by atoms with van der Waals surface area (Å²) in [5, 5.41) is 23.6. The summed E-state index contributed by atoms with van der Waals surface area (Å²) in [7, 11) is 0. The zero-order valence-corrected chi connectivity index (χ0v) is 12.8. The van der Waals surface area contributed by atoms with Gasteiger partial charge in [0.2, 0.25) is 0 Å². The van der Waals surface area contributed by atoms with E-state index in [-0.39, 0.29) is 17.1 Å². The number of nitrogens with one attached hydrogen (secondary N) is 2. The van der Waals surface area contributed by atoms with E-state index in [2.05, 4.69) is 10.6 Å². The van der Waals surface area contributed by atoms with E-state index in [1.165, 1.54) is 36.5 Å². The number of carbonyl (C=O) groups excluding carboxylic acids is 1. The number of nitrogens with zero attached hydrogens (tertiary/aromatic N) is 1. The van der Waals surface area contributed by atoms with Gasteiger partial charge < -0.3 is 15.7 Å². The van der Waals surface area contributed by atoms with Crippen LogP contribution in [0.15, 0.2) is 60.3 Å². The molecule has 2 aromatic rings. The first kappa shape index (κ1) is 17.0. The van der Waals surface area contributed by atoms with E-state index in [0.29, 0.717) is 24.2 Å². The maximum absolute atomic E-state index is 13.5. The number of rotatable bonds is 6. The van der Waals surface area contributed by atoms with Crippen molar-refractivity contribution in [2.45, 2.75) is 6.42 Å². The molecule has 0 aliphatic carbocycles. The Bertz CT molecular complexity index is 780. The third kappa shape index (κ3) is 4.85. The number of anilines is 1. The van der Waals surface area contributed by atoms with Crippen LogP contribution in [0.2, 0.25) is 0 Å². The molecule has 5 nitrogen and oxygen atoms in total. The van der Waals surface area contributed by atoms with Gasteiger partial charge in [-0.15, -0.1) is 0 Å². The average Bonchev–Trinajstić information content (AvgIpc) is 2.58. The van der Waals surface area contributed by atoms with Gasteiger partial charge in [-0.25, -0.2) is 4.39 Å². The summed E-state index contributed by atoms with van der Waals surface area (Å²) in [6.07, 6.45) is 1.73. The molecule has 0 saturated heterocycles. The Hall–Kier alpha value is -3.33. The standard InChI is InChI=1S/C18H16FN3O2/c19-17-4-2-1-3-13(17)9-10-21-12-14(11-20)18(24)22-15-5-7-16(23)8-6-15/h1-8,12,21,23H,9-10H2,(H,22,24)/b14-12-. The number of amides is 1. The molecular weight excluding hydrogens is 309 g/mol. The first-order valence-electron chi connectivity index (χ1n) is 7.27. The number of phenolic OH excluding ortho intramolecular Hbond substituents is 1. The number of phenols is 1. The quantitative estimate of drug-likeness (QED) is 0.330. The van der Waals surface area contributed by atoms with Crippen molar-refractivity contribution < 1.29 is 14.3 Å². The van der Waals surface area contributed by atoms with Crippen molar-refractivity contribution in [3.8, 4) is 11.8 Å². The predicted octanol–water partition coefficient (Wildman–Crippen LogP) is 2.71. The third-order valence-electron chi connectivity index (χ3n) is 3.23. The normalized spacial score (nSPS) is 10.8. The SMILES string of the molecule is N#C/C(=C/NCCc1ccccc1F)C(=O)Nc1ccc(O)cc1. The molecule has 0 atom stereocenters. The first-order chi connectivity index (χ1) is 11.6. The predicted molar refractivity (Wildman–Crippen MR) is 88.5 cm³/mol. The van der Waals surface area contributed by atoms with Crippen molar-refractivity contribution >= 4 is 11.6 Å². The molecule has 0 bridgehead atoms. The van der Waals surface area contributed by atoms with Crippen LogP contribution in [-0.2, 0) is 11.2 Å². The molecule has 0 fully saturated rings. The van der Waals surface area contributed by atoms with Crippen molar-refractivity contribution in [1.29, 1.82) is 5.26 Å². The lowest BCUT2D eigenvalue weighted by Gasteiger charge is -2.06. The highest BCUT2D eigenvalue weighted by Gasteiger charge is 2.09. The Morgan fingerprint density at radius 3 is 2.58 bits per heavy atom. The summed E-state index contributed by atoms with van der Waals surface area (Å²) >= 11 is 0. The molecule has 0 spiro atoms. The maximum Gasteiger partial charge on any atom is 0.267 e. The highest BCUT2D eigenvalue weighted by atomic mass is 19.1. The van der Waals surface area contributed by atoms with Crippen LogP contribution < -0.4 is 10.6 Å². The van der Waals surface area contributed by atoms with Crippen molar-refractivity contribution in [1.82, 2.24) is 5.32 Å². The highest BCUT2D eigenvalue weighted by Crippen LogP contribution is 2.14. The van der Waals surface area contributed by atoms with Crippen molar-refractivity contribution in [3.05, 3.63) is 71.7 Å². The largest absolute Gasteiger partial charge is 0.508 e. The summed E-state index contributed by atoms with van der Waals surface area (Å²) in [6.45, 7) is 0.388. The number of benzene rings is 2. The van der Waals surface area contributed by atoms with Gasteiger partial charge in [-0.3, -0.25) is 4.79 Å². The Balaban J connectivity index is 1.89. The number of halogens is 1. The number of nitriles is 1. The molecule has 122 valence electrons. The van der Waals surface area contributed by atoms with E-state index < -0.39 is 5.91 Å². The van der Waals surface area contributed by atoms with Gasteiger partial charge in [0, 0.05) is 18.4 Å². The molecule has 0 aliphatic heterocycles. The smallest absolute Gasteiger partial charge is 0.267 e. The second-order valence-corrected chi connectivity index (χ2v) is 4.97. The van der Waals surface area contributed by atoms with E-state index in [4.69, 9.17) is 5.26 Å². The first-order valence-corrected chi connectivity index (χ1v) is 7.27. The van der Waals surface area contributed by atoms with Gasteiger partial charge in [-0.2, -0.15) is 5.26 Å². The number of aromatic hydroxyl groups is 1. The van der Waals surface area contributed by atoms with Gasteiger partial charge in [-0.1, -0.05) is 18.2 Å². The van der Waals surface area contributed by atoms with Crippen LogP contribution in [0.1, 0.15) is 5.56 Å². The van der Waals surface area contributed by atoms with Crippen molar-refractivity contribution in [3.63, 3.8) is 0 Å². The van der Waals surface area contributed by atoms with Crippen LogP contribution in [0, 0.1) is 17.1 Å². The minimum Gasteiger partial charge on any atom is -0.508 e. The summed E-state index contributed by atoms with van der Waals surface area (Å²) in [6, 6.07) is 14.1. The fraction of sp³-hybridized carbons (Fsp3) is 0.111. The van der Waals surface area contributed by atoms with E-state index in [1.54, 1.807) is 24.3 Å². The fourth-order valence-electron chi connectivity index (χ4n) is 1.97. The molecular formula is C18H16FN3O2. The molecule has 0 aliphatic rings. The average molecular weight is 325 g/mol. The summed E-state index contributed by atoms with van der Waals surface area (Å²) < 4.78 is 13.5. The molecule has 3 N–H and O–H groups in total. The van der Waals surface area contributed by atoms with Gasteiger partial charge in [0.15, 0.2) is 0 Å². The number of carbonyl (C=O) groups is 1. The van der Waals surface area contributed by atoms with Crippen LogP contribution in [-0.4, -0.2) is 17.6 Å². The van der Waals surface area contributed by atoms with Gasteiger partial charge in [0.05, 0.1) is 0 Å². The molecule has 0 unspecified atom stereocenters. The summed E-state index contributed by atoms with van der Waals surface area (Å²) in [5.74, 6) is -0.769. The van der Waals surface area contributed by atoms with Gasteiger partial charge in [-0.05, 0) is 42.3 Å². The summed E-state index contributed by atoms with van der Waals surface area (Å²) in [5.41, 5.74) is 0.923. The zero-order valence-electron chi connectivity index (χ0n) is 12.8. The molecule has 0 saturated carbocycles. The van der Waals surface area contributed by atoms with Crippen LogP contribution in [0.5, 0.6) is 5.75 Å². The molecule has 2 aromatic carbocycles. The monoisotopic (exact) mass is 325 g/mol.